The van der Waals surface area contributed by atoms with Crippen LogP contribution in [0.5, 0.6) is 17.2 Å². The molecule has 11 heteroatoms. The summed E-state index contributed by atoms with van der Waals surface area (Å²) in [6.07, 6.45) is 0. The number of ether oxygens (including phenoxy) is 3. The van der Waals surface area contributed by atoms with Gasteiger partial charge in [0.05, 0.1) is 31.9 Å². The van der Waals surface area contributed by atoms with Gasteiger partial charge in [0.15, 0.2) is 0 Å². The number of hydrogen-bond acceptors (Lipinski definition) is 7. The third-order valence-electron chi connectivity index (χ3n) is 6.57. The van der Waals surface area contributed by atoms with Crippen molar-refractivity contribution >= 4 is 27.5 Å². The molecular weight excluding hydrogens is 546 g/mol. The number of carbonyl (C=O) groups excluding carboxylic acids is 2. The van der Waals surface area contributed by atoms with Crippen LogP contribution in [0.25, 0.3) is 0 Å². The fourth-order valence-corrected chi connectivity index (χ4v) is 5.59. The molecule has 0 radical (unpaired) electrons. The summed E-state index contributed by atoms with van der Waals surface area (Å²) < 4.78 is 45.2. The molecule has 3 aromatic carbocycles. The highest BCUT2D eigenvalue weighted by Gasteiger charge is 2.34. The van der Waals surface area contributed by atoms with Crippen LogP contribution in [0.4, 0.5) is 5.69 Å². The Morgan fingerprint density at radius 2 is 1.49 bits per heavy atom. The number of hydrogen-bond donors (Lipinski definition) is 1. The zero-order valence-electron chi connectivity index (χ0n) is 24.2. The number of nitrogens with zero attached hydrogens (tertiary/aromatic N) is 2. The van der Waals surface area contributed by atoms with Crippen LogP contribution in [-0.4, -0.2) is 65.6 Å². The van der Waals surface area contributed by atoms with Crippen LogP contribution in [0.3, 0.4) is 0 Å². The Labute approximate surface area is 241 Å². The predicted octanol–water partition coefficient (Wildman–Crippen LogP) is 3.77. The minimum absolute atomic E-state index is 0.000693. The van der Waals surface area contributed by atoms with Crippen molar-refractivity contribution in [2.24, 2.45) is 0 Å². The van der Waals surface area contributed by atoms with Crippen LogP contribution in [0.1, 0.15) is 25.0 Å². The average molecular weight is 584 g/mol. The van der Waals surface area contributed by atoms with Crippen molar-refractivity contribution in [1.82, 2.24) is 10.2 Å². The molecule has 0 heterocycles. The van der Waals surface area contributed by atoms with E-state index < -0.39 is 28.5 Å². The first-order valence-corrected chi connectivity index (χ1v) is 14.5. The second-order valence-electron chi connectivity index (χ2n) is 9.30. The van der Waals surface area contributed by atoms with Gasteiger partial charge in [-0.15, -0.1) is 0 Å². The van der Waals surface area contributed by atoms with Crippen molar-refractivity contribution in [2.45, 2.75) is 38.3 Å². The maximum atomic E-state index is 14.1. The van der Waals surface area contributed by atoms with E-state index in [2.05, 4.69) is 5.32 Å². The molecule has 0 aliphatic heterocycles. The van der Waals surface area contributed by atoms with Gasteiger partial charge in [-0.3, -0.25) is 13.9 Å². The van der Waals surface area contributed by atoms with E-state index in [1.165, 1.54) is 37.3 Å². The summed E-state index contributed by atoms with van der Waals surface area (Å²) in [6.45, 7) is 5.09. The highest BCUT2D eigenvalue weighted by atomic mass is 32.2. The Balaban J connectivity index is 2.11. The Bertz CT molecular complexity index is 1440. The summed E-state index contributed by atoms with van der Waals surface area (Å²) in [6, 6.07) is 17.2. The number of rotatable bonds is 13. The summed E-state index contributed by atoms with van der Waals surface area (Å²) in [5.74, 6) is 0.307. The van der Waals surface area contributed by atoms with Crippen LogP contribution < -0.4 is 23.8 Å². The van der Waals surface area contributed by atoms with Gasteiger partial charge in [0, 0.05) is 19.2 Å². The molecule has 10 nitrogen and oxygen atoms in total. The highest BCUT2D eigenvalue weighted by Crippen LogP contribution is 2.36. The van der Waals surface area contributed by atoms with E-state index in [1.54, 1.807) is 69.5 Å². The van der Waals surface area contributed by atoms with E-state index in [0.717, 1.165) is 15.4 Å². The van der Waals surface area contributed by atoms with Crippen LogP contribution in [0.15, 0.2) is 71.6 Å². The Morgan fingerprint density at radius 1 is 0.878 bits per heavy atom. The molecule has 2 amide bonds. The standard InChI is InChI=1S/C30H37N3O7S/c1-7-31-30(35)22(3)32(19-23-10-12-24(38-4)13-11-23)29(34)20-33(27-18-25(39-5)14-17-28(27)40-6)41(36,37)26-15-8-21(2)9-16-26/h8-18,22H,7,19-20H2,1-6H3,(H,31,35). The van der Waals surface area contributed by atoms with Crippen molar-refractivity contribution in [3.63, 3.8) is 0 Å². The van der Waals surface area contributed by atoms with Crippen molar-refractivity contribution in [3.05, 3.63) is 77.9 Å². The smallest absolute Gasteiger partial charge is 0.264 e. The minimum atomic E-state index is -4.26. The van der Waals surface area contributed by atoms with Gasteiger partial charge in [0.25, 0.3) is 10.0 Å². The number of likely N-dealkylation sites (N-methyl/N-ethyl adjacent to an activating group) is 1. The molecule has 1 atom stereocenters. The lowest BCUT2D eigenvalue weighted by Gasteiger charge is -2.32. The molecule has 1 unspecified atom stereocenters. The molecule has 0 saturated heterocycles. The molecule has 0 spiro atoms. The molecule has 0 aliphatic rings. The summed E-state index contributed by atoms with van der Waals surface area (Å²) >= 11 is 0. The molecule has 3 aromatic rings. The molecule has 3 rings (SSSR count). The quantitative estimate of drug-likeness (QED) is 0.326. The molecule has 41 heavy (non-hydrogen) atoms. The lowest BCUT2D eigenvalue weighted by molar-refractivity contribution is -0.139. The fourth-order valence-electron chi connectivity index (χ4n) is 4.17. The lowest BCUT2D eigenvalue weighted by atomic mass is 10.1. The van der Waals surface area contributed by atoms with Crippen molar-refractivity contribution in [1.29, 1.82) is 0 Å². The van der Waals surface area contributed by atoms with Gasteiger partial charge < -0.3 is 24.4 Å². The largest absolute Gasteiger partial charge is 0.497 e. The van der Waals surface area contributed by atoms with Crippen LogP contribution >= 0.6 is 0 Å². The SMILES string of the molecule is CCNC(=O)C(C)N(Cc1ccc(OC)cc1)C(=O)CN(c1cc(OC)ccc1OC)S(=O)(=O)c1ccc(C)cc1. The molecule has 1 N–H and O–H groups in total. The van der Waals surface area contributed by atoms with Gasteiger partial charge in [-0.1, -0.05) is 29.8 Å². The van der Waals surface area contributed by atoms with Crippen LogP contribution in [0.2, 0.25) is 0 Å². The third kappa shape index (κ3) is 7.49. The van der Waals surface area contributed by atoms with Crippen molar-refractivity contribution in [2.75, 3.05) is 38.7 Å². The molecule has 0 aromatic heterocycles. The van der Waals surface area contributed by atoms with Gasteiger partial charge in [0.2, 0.25) is 11.8 Å². The van der Waals surface area contributed by atoms with Gasteiger partial charge >= 0.3 is 0 Å². The normalized spacial score (nSPS) is 11.8. The number of nitrogens with one attached hydrogen (secondary N) is 1. The zero-order valence-corrected chi connectivity index (χ0v) is 25.0. The maximum Gasteiger partial charge on any atom is 0.264 e. The third-order valence-corrected chi connectivity index (χ3v) is 8.35. The number of sulfonamides is 1. The number of benzene rings is 3. The first kappa shape index (κ1) is 31.3. The van der Waals surface area contributed by atoms with E-state index in [9.17, 15) is 18.0 Å². The second kappa shape index (κ2) is 13.9. The van der Waals surface area contributed by atoms with Crippen LogP contribution in [0, 0.1) is 6.92 Å². The topological polar surface area (TPSA) is 114 Å². The lowest BCUT2D eigenvalue weighted by Crippen LogP contribution is -2.51. The Kier molecular flexibility index (Phi) is 10.6. The summed E-state index contributed by atoms with van der Waals surface area (Å²) in [5.41, 5.74) is 1.74. The highest BCUT2D eigenvalue weighted by molar-refractivity contribution is 7.92. The Morgan fingerprint density at radius 3 is 2.05 bits per heavy atom. The summed E-state index contributed by atoms with van der Waals surface area (Å²) in [7, 11) is 0.164. The number of anilines is 1. The van der Waals surface area contributed by atoms with Gasteiger partial charge in [-0.25, -0.2) is 8.42 Å². The van der Waals surface area contributed by atoms with Gasteiger partial charge in [-0.05, 0) is 62.7 Å². The zero-order chi connectivity index (χ0) is 30.2. The van der Waals surface area contributed by atoms with Gasteiger partial charge in [-0.2, -0.15) is 0 Å². The van der Waals surface area contributed by atoms with E-state index in [4.69, 9.17) is 14.2 Å². The molecule has 220 valence electrons. The average Bonchev–Trinajstić information content (AvgIpc) is 2.98. The van der Waals surface area contributed by atoms with Crippen molar-refractivity contribution in [3.8, 4) is 17.2 Å². The minimum Gasteiger partial charge on any atom is -0.497 e. The molecular formula is C30H37N3O7S. The first-order valence-electron chi connectivity index (χ1n) is 13.1. The van der Waals surface area contributed by atoms with Crippen molar-refractivity contribution < 1.29 is 32.2 Å². The Hall–Kier alpha value is -4.25. The van der Waals surface area contributed by atoms with Crippen LogP contribution in [-0.2, 0) is 26.2 Å². The summed E-state index contributed by atoms with van der Waals surface area (Å²) in [5, 5.41) is 2.74. The molecule has 0 bridgehead atoms. The van der Waals surface area contributed by atoms with E-state index in [1.807, 2.05) is 6.92 Å². The first-order chi connectivity index (χ1) is 19.5. The molecule has 0 saturated carbocycles. The summed E-state index contributed by atoms with van der Waals surface area (Å²) in [4.78, 5) is 28.3. The van der Waals surface area contributed by atoms with E-state index >= 15 is 0 Å². The number of methoxy groups -OCH3 is 3. The molecule has 0 fully saturated rings. The maximum absolute atomic E-state index is 14.1. The number of carbonyl (C=O) groups is 2. The molecule has 0 aliphatic carbocycles. The number of aryl methyl sites for hydroxylation is 1. The van der Waals surface area contributed by atoms with E-state index in [0.29, 0.717) is 18.0 Å². The monoisotopic (exact) mass is 583 g/mol. The van der Waals surface area contributed by atoms with Gasteiger partial charge in [0.1, 0.15) is 29.8 Å². The number of amides is 2. The fraction of sp³-hybridized carbons (Fsp3) is 0.333. The predicted molar refractivity (Wildman–Crippen MR) is 157 cm³/mol. The van der Waals surface area contributed by atoms with E-state index in [-0.39, 0.29) is 28.8 Å². The second-order valence-corrected chi connectivity index (χ2v) is 11.2.